The fourth-order valence-corrected chi connectivity index (χ4v) is 2.37. The van der Waals surface area contributed by atoms with Crippen molar-refractivity contribution in [3.05, 3.63) is 18.1 Å². The topological polar surface area (TPSA) is 67.4 Å². The molecule has 128 valence electrons. The zero-order valence-corrected chi connectivity index (χ0v) is 15.0. The number of nitrogens with one attached hydrogen (secondary N) is 1. The molecule has 0 aromatic carbocycles. The molecular formula is C17H28N4O2. The third-order valence-electron chi connectivity index (χ3n) is 3.32. The van der Waals surface area contributed by atoms with Crippen molar-refractivity contribution in [2.75, 3.05) is 18.4 Å². The third kappa shape index (κ3) is 5.69. The van der Waals surface area contributed by atoms with Gasteiger partial charge in [-0.25, -0.2) is 14.8 Å². The lowest BCUT2D eigenvalue weighted by atomic mass is 9.90. The molecule has 23 heavy (non-hydrogen) atoms. The molecule has 1 amide bonds. The Morgan fingerprint density at radius 3 is 2.48 bits per heavy atom. The molecule has 0 radical (unpaired) electrons. The Morgan fingerprint density at radius 1 is 1.26 bits per heavy atom. The summed E-state index contributed by atoms with van der Waals surface area (Å²) < 4.78 is 5.35. The van der Waals surface area contributed by atoms with Gasteiger partial charge in [-0.15, -0.1) is 0 Å². The number of carbonyl (C=O) groups is 1. The molecule has 1 aliphatic heterocycles. The van der Waals surface area contributed by atoms with Crippen LogP contribution in [-0.2, 0) is 11.2 Å². The fourth-order valence-electron chi connectivity index (χ4n) is 2.37. The van der Waals surface area contributed by atoms with Crippen LogP contribution in [0.1, 0.15) is 47.2 Å². The molecular weight excluding hydrogens is 292 g/mol. The first-order valence-electron chi connectivity index (χ1n) is 8.07. The molecule has 0 aliphatic carbocycles. The maximum atomic E-state index is 11.9. The van der Waals surface area contributed by atoms with Crippen LogP contribution in [0.5, 0.6) is 0 Å². The van der Waals surface area contributed by atoms with Crippen LogP contribution < -0.4 is 5.32 Å². The molecule has 6 nitrogen and oxygen atoms in total. The molecule has 2 heterocycles. The Balaban J connectivity index is 1.84. The van der Waals surface area contributed by atoms with E-state index in [2.05, 4.69) is 36.1 Å². The summed E-state index contributed by atoms with van der Waals surface area (Å²) in [5.74, 6) is 0.813. The average molecular weight is 320 g/mol. The summed E-state index contributed by atoms with van der Waals surface area (Å²) in [6, 6.07) is 2.20. The predicted octanol–water partition coefficient (Wildman–Crippen LogP) is 3.10. The van der Waals surface area contributed by atoms with Gasteiger partial charge in [-0.1, -0.05) is 20.8 Å². The van der Waals surface area contributed by atoms with E-state index in [4.69, 9.17) is 4.74 Å². The van der Waals surface area contributed by atoms with Crippen molar-refractivity contribution in [3.63, 3.8) is 0 Å². The van der Waals surface area contributed by atoms with Crippen molar-refractivity contribution < 1.29 is 9.53 Å². The average Bonchev–Trinajstić information content (AvgIpc) is 2.29. The van der Waals surface area contributed by atoms with Crippen molar-refractivity contribution in [1.82, 2.24) is 14.9 Å². The summed E-state index contributed by atoms with van der Waals surface area (Å²) in [4.78, 5) is 22.2. The summed E-state index contributed by atoms with van der Waals surface area (Å²) in [6.45, 7) is 13.4. The maximum Gasteiger partial charge on any atom is 0.410 e. The normalized spacial score (nSPS) is 16.0. The first-order chi connectivity index (χ1) is 10.5. The summed E-state index contributed by atoms with van der Waals surface area (Å²) in [5.41, 5.74) is 0.762. The highest BCUT2D eigenvalue weighted by Gasteiger charge is 2.33. The van der Waals surface area contributed by atoms with Crippen molar-refractivity contribution in [2.45, 2.75) is 59.6 Å². The first-order valence-corrected chi connectivity index (χ1v) is 8.07. The van der Waals surface area contributed by atoms with E-state index in [1.54, 1.807) is 11.2 Å². The van der Waals surface area contributed by atoms with E-state index in [1.807, 2.05) is 26.8 Å². The van der Waals surface area contributed by atoms with Gasteiger partial charge in [-0.2, -0.15) is 0 Å². The lowest BCUT2D eigenvalue weighted by molar-refractivity contribution is 0.0104. The van der Waals surface area contributed by atoms with Gasteiger partial charge in [-0.3, -0.25) is 0 Å². The number of anilines is 1. The van der Waals surface area contributed by atoms with Crippen molar-refractivity contribution in [3.8, 4) is 0 Å². The SMILES string of the molecule is CC(C)(C)Cc1cc(NC2CN(C(=O)OC(C)(C)C)C2)ncn1. The molecule has 1 aromatic rings. The minimum absolute atomic E-state index is 0.190. The Morgan fingerprint density at radius 2 is 1.91 bits per heavy atom. The van der Waals surface area contributed by atoms with Crippen molar-refractivity contribution >= 4 is 11.9 Å². The number of hydrogen-bond donors (Lipinski definition) is 1. The van der Waals surface area contributed by atoms with E-state index in [9.17, 15) is 4.79 Å². The number of aromatic nitrogens is 2. The summed E-state index contributed by atoms with van der Waals surface area (Å²) in [5, 5.41) is 3.35. The van der Waals surface area contributed by atoms with E-state index in [-0.39, 0.29) is 17.6 Å². The standard InChI is InChI=1S/C17H28N4O2/c1-16(2,3)8-12-7-14(19-11-18-12)20-13-9-21(10-13)15(22)23-17(4,5)6/h7,11,13H,8-10H2,1-6H3,(H,18,19,20). The first kappa shape index (κ1) is 17.5. The highest BCUT2D eigenvalue weighted by Crippen LogP contribution is 2.21. The van der Waals surface area contributed by atoms with Crippen molar-refractivity contribution in [2.24, 2.45) is 5.41 Å². The highest BCUT2D eigenvalue weighted by molar-refractivity contribution is 5.69. The molecule has 0 atom stereocenters. The fraction of sp³-hybridized carbons (Fsp3) is 0.706. The molecule has 1 N–H and O–H groups in total. The largest absolute Gasteiger partial charge is 0.444 e. The quantitative estimate of drug-likeness (QED) is 0.927. The monoisotopic (exact) mass is 320 g/mol. The minimum Gasteiger partial charge on any atom is -0.444 e. The summed E-state index contributed by atoms with van der Waals surface area (Å²) in [6.07, 6.45) is 2.23. The molecule has 1 aromatic heterocycles. The second-order valence-corrected chi connectivity index (χ2v) is 8.36. The smallest absolute Gasteiger partial charge is 0.410 e. The molecule has 1 aliphatic rings. The molecule has 2 rings (SSSR count). The van der Waals surface area contributed by atoms with E-state index in [1.165, 1.54) is 0 Å². The molecule has 1 saturated heterocycles. The number of ether oxygens (including phenoxy) is 1. The molecule has 1 fully saturated rings. The predicted molar refractivity (Wildman–Crippen MR) is 90.4 cm³/mol. The van der Waals surface area contributed by atoms with Crippen LogP contribution in [0.3, 0.4) is 0 Å². The van der Waals surface area contributed by atoms with Crippen LogP contribution >= 0.6 is 0 Å². The zero-order chi connectivity index (χ0) is 17.3. The van der Waals surface area contributed by atoms with Gasteiger partial charge in [0.05, 0.1) is 6.04 Å². The number of carbonyl (C=O) groups excluding carboxylic acids is 1. The van der Waals surface area contributed by atoms with E-state index in [0.29, 0.717) is 13.1 Å². The molecule has 0 saturated carbocycles. The van der Waals surface area contributed by atoms with Crippen LogP contribution in [0.4, 0.5) is 10.6 Å². The second kappa shape index (κ2) is 6.34. The number of likely N-dealkylation sites (tertiary alicyclic amines) is 1. The van der Waals surface area contributed by atoms with Gasteiger partial charge in [0.25, 0.3) is 0 Å². The van der Waals surface area contributed by atoms with Gasteiger partial charge >= 0.3 is 6.09 Å². The van der Waals surface area contributed by atoms with Crippen LogP contribution in [0.15, 0.2) is 12.4 Å². The lowest BCUT2D eigenvalue weighted by Crippen LogP contribution is -2.58. The van der Waals surface area contributed by atoms with Crippen LogP contribution in [0, 0.1) is 5.41 Å². The Kier molecular flexibility index (Phi) is 4.82. The minimum atomic E-state index is -0.454. The molecule has 0 spiro atoms. The highest BCUT2D eigenvalue weighted by atomic mass is 16.6. The van der Waals surface area contributed by atoms with Crippen molar-refractivity contribution in [1.29, 1.82) is 0 Å². The van der Waals surface area contributed by atoms with E-state index in [0.717, 1.165) is 17.9 Å². The summed E-state index contributed by atoms with van der Waals surface area (Å²) >= 11 is 0. The lowest BCUT2D eigenvalue weighted by Gasteiger charge is -2.40. The Labute approximate surface area is 138 Å². The van der Waals surface area contributed by atoms with E-state index >= 15 is 0 Å². The van der Waals surface area contributed by atoms with E-state index < -0.39 is 5.60 Å². The van der Waals surface area contributed by atoms with Gasteiger partial charge in [0.1, 0.15) is 17.7 Å². The van der Waals surface area contributed by atoms with Gasteiger partial charge in [-0.05, 0) is 32.6 Å². The third-order valence-corrected chi connectivity index (χ3v) is 3.32. The van der Waals surface area contributed by atoms with Crippen LogP contribution in [-0.4, -0.2) is 45.7 Å². The number of hydrogen-bond acceptors (Lipinski definition) is 5. The molecule has 0 bridgehead atoms. The van der Waals surface area contributed by atoms with Gasteiger partial charge < -0.3 is 15.0 Å². The number of nitrogens with zero attached hydrogens (tertiary/aromatic N) is 3. The van der Waals surface area contributed by atoms with Crippen LogP contribution in [0.25, 0.3) is 0 Å². The van der Waals surface area contributed by atoms with Gasteiger partial charge in [0.15, 0.2) is 0 Å². The summed E-state index contributed by atoms with van der Waals surface area (Å²) in [7, 11) is 0. The zero-order valence-electron chi connectivity index (χ0n) is 15.0. The van der Waals surface area contributed by atoms with Gasteiger partial charge in [0.2, 0.25) is 0 Å². The number of amides is 1. The maximum absolute atomic E-state index is 11.9. The Bertz CT molecular complexity index is 554. The van der Waals surface area contributed by atoms with Gasteiger partial charge in [0, 0.05) is 24.8 Å². The number of rotatable bonds is 3. The Hall–Kier alpha value is -1.85. The van der Waals surface area contributed by atoms with Crippen LogP contribution in [0.2, 0.25) is 0 Å². The molecule has 6 heteroatoms. The molecule has 0 unspecified atom stereocenters. The second-order valence-electron chi connectivity index (χ2n) is 8.36.